The number of methoxy groups -OCH3 is 1. The molecule has 7 nitrogen and oxygen atoms in total. The molecule has 3 aromatic carbocycles. The zero-order valence-electron chi connectivity index (χ0n) is 19.2. The van der Waals surface area contributed by atoms with Crippen molar-refractivity contribution in [3.05, 3.63) is 111 Å². The largest absolute Gasteiger partial charge is 0.497 e. The van der Waals surface area contributed by atoms with Gasteiger partial charge >= 0.3 is 0 Å². The molecule has 3 aromatic rings. The van der Waals surface area contributed by atoms with Crippen molar-refractivity contribution in [1.29, 1.82) is 5.26 Å². The Morgan fingerprint density at radius 3 is 2.60 bits per heavy atom. The van der Waals surface area contributed by atoms with E-state index in [9.17, 15) is 13.7 Å². The average molecular weight is 486 g/mol. The SMILES string of the molecule is COc1cccc(CN2c3ccccc3C3=C([C@H](c4cccc(C)c4)C(C#N)=C(N)O3)S2(=O)=O)c1. The van der Waals surface area contributed by atoms with Crippen LogP contribution >= 0.6 is 0 Å². The van der Waals surface area contributed by atoms with E-state index < -0.39 is 15.9 Å². The Morgan fingerprint density at radius 1 is 1.09 bits per heavy atom. The summed E-state index contributed by atoms with van der Waals surface area (Å²) >= 11 is 0. The summed E-state index contributed by atoms with van der Waals surface area (Å²) in [7, 11) is -2.56. The van der Waals surface area contributed by atoms with Crippen LogP contribution in [0.3, 0.4) is 0 Å². The van der Waals surface area contributed by atoms with Crippen molar-refractivity contribution in [2.75, 3.05) is 11.4 Å². The van der Waals surface area contributed by atoms with Crippen molar-refractivity contribution >= 4 is 21.5 Å². The molecule has 0 amide bonds. The first kappa shape index (κ1) is 22.6. The van der Waals surface area contributed by atoms with E-state index >= 15 is 0 Å². The van der Waals surface area contributed by atoms with E-state index in [1.807, 2.05) is 43.3 Å². The van der Waals surface area contributed by atoms with Gasteiger partial charge in [-0.3, -0.25) is 4.31 Å². The third-order valence-corrected chi connectivity index (χ3v) is 8.08. The Bertz CT molecular complexity index is 1550. The molecule has 0 aliphatic carbocycles. The Kier molecular flexibility index (Phi) is 5.50. The van der Waals surface area contributed by atoms with Gasteiger partial charge in [0.2, 0.25) is 5.88 Å². The molecule has 2 N–H and O–H groups in total. The van der Waals surface area contributed by atoms with E-state index in [0.29, 0.717) is 22.6 Å². The van der Waals surface area contributed by atoms with Gasteiger partial charge in [0.15, 0.2) is 5.76 Å². The molecule has 0 bridgehead atoms. The molecule has 1 atom stereocenters. The number of sulfonamides is 1. The van der Waals surface area contributed by atoms with Crippen LogP contribution in [0.15, 0.2) is 89.2 Å². The molecule has 2 aliphatic heterocycles. The number of hydrogen-bond acceptors (Lipinski definition) is 6. The molecule has 5 rings (SSSR count). The fourth-order valence-electron chi connectivity index (χ4n) is 4.60. The number of rotatable bonds is 4. The molecule has 8 heteroatoms. The number of benzene rings is 3. The van der Waals surface area contributed by atoms with Crippen LogP contribution < -0.4 is 14.8 Å². The van der Waals surface area contributed by atoms with Gasteiger partial charge in [-0.1, -0.05) is 54.1 Å². The Balaban J connectivity index is 1.75. The first-order chi connectivity index (χ1) is 16.8. The first-order valence-corrected chi connectivity index (χ1v) is 12.4. The number of hydrogen-bond donors (Lipinski definition) is 1. The zero-order valence-corrected chi connectivity index (χ0v) is 20.0. The van der Waals surface area contributed by atoms with Gasteiger partial charge < -0.3 is 15.2 Å². The van der Waals surface area contributed by atoms with Gasteiger partial charge in [-0.2, -0.15) is 5.26 Å². The second kappa shape index (κ2) is 8.53. The van der Waals surface area contributed by atoms with Crippen molar-refractivity contribution in [1.82, 2.24) is 0 Å². The molecule has 0 saturated heterocycles. The molecule has 0 unspecified atom stereocenters. The number of fused-ring (bicyclic) bond motifs is 2. The van der Waals surface area contributed by atoms with Crippen LogP contribution in [0.25, 0.3) is 5.76 Å². The summed E-state index contributed by atoms with van der Waals surface area (Å²) < 4.78 is 41.1. The number of allylic oxidation sites excluding steroid dienone is 2. The predicted molar refractivity (Wildman–Crippen MR) is 133 cm³/mol. The number of aryl methyl sites for hydroxylation is 1. The van der Waals surface area contributed by atoms with Crippen LogP contribution in [0, 0.1) is 18.3 Å². The molecule has 2 heterocycles. The maximum atomic E-state index is 14.3. The fourth-order valence-corrected chi connectivity index (χ4v) is 6.51. The van der Waals surface area contributed by atoms with Gasteiger partial charge in [0.1, 0.15) is 22.3 Å². The first-order valence-electron chi connectivity index (χ1n) is 11.0. The topological polar surface area (TPSA) is 106 Å². The van der Waals surface area contributed by atoms with Gasteiger partial charge in [-0.05, 0) is 42.3 Å². The summed E-state index contributed by atoms with van der Waals surface area (Å²) in [6, 6.07) is 23.9. The predicted octanol–water partition coefficient (Wildman–Crippen LogP) is 4.53. The highest BCUT2D eigenvalue weighted by atomic mass is 32.2. The van der Waals surface area contributed by atoms with E-state index in [1.54, 1.807) is 43.5 Å². The van der Waals surface area contributed by atoms with Gasteiger partial charge in [-0.25, -0.2) is 8.42 Å². The van der Waals surface area contributed by atoms with Gasteiger partial charge in [-0.15, -0.1) is 0 Å². The summed E-state index contributed by atoms with van der Waals surface area (Å²) in [6.45, 7) is 1.99. The minimum atomic E-state index is -4.13. The van der Waals surface area contributed by atoms with E-state index in [2.05, 4.69) is 6.07 Å². The third-order valence-electron chi connectivity index (χ3n) is 6.19. The van der Waals surface area contributed by atoms with E-state index in [4.69, 9.17) is 15.2 Å². The van der Waals surface area contributed by atoms with Crippen LogP contribution in [-0.2, 0) is 21.3 Å². The van der Waals surface area contributed by atoms with Crippen LogP contribution in [0.1, 0.15) is 28.2 Å². The minimum absolute atomic E-state index is 0.00967. The second-order valence-electron chi connectivity index (χ2n) is 8.41. The molecule has 0 saturated carbocycles. The second-order valence-corrected chi connectivity index (χ2v) is 10.2. The molecular formula is C27H23N3O4S. The zero-order chi connectivity index (χ0) is 24.7. The van der Waals surface area contributed by atoms with E-state index in [-0.39, 0.29) is 28.7 Å². The maximum absolute atomic E-state index is 14.3. The van der Waals surface area contributed by atoms with Crippen LogP contribution in [0.5, 0.6) is 5.75 Å². The maximum Gasteiger partial charge on any atom is 0.265 e. The summed E-state index contributed by atoms with van der Waals surface area (Å²) in [6.07, 6.45) is 0. The van der Waals surface area contributed by atoms with Gasteiger partial charge in [0.05, 0.1) is 25.3 Å². The van der Waals surface area contributed by atoms with Crippen molar-refractivity contribution < 1.29 is 17.9 Å². The fraction of sp³-hybridized carbons (Fsp3) is 0.148. The lowest BCUT2D eigenvalue weighted by molar-refractivity contribution is 0.357. The van der Waals surface area contributed by atoms with Crippen LogP contribution in [0.2, 0.25) is 0 Å². The number of para-hydroxylation sites is 1. The Hall–Kier alpha value is -4.22. The quantitative estimate of drug-likeness (QED) is 0.582. The molecule has 35 heavy (non-hydrogen) atoms. The number of nitrogens with zero attached hydrogens (tertiary/aromatic N) is 2. The van der Waals surface area contributed by atoms with E-state index in [1.165, 1.54) is 4.31 Å². The normalized spacial score (nSPS) is 18.3. The smallest absolute Gasteiger partial charge is 0.265 e. The molecular weight excluding hydrogens is 462 g/mol. The monoisotopic (exact) mass is 485 g/mol. The summed E-state index contributed by atoms with van der Waals surface area (Å²) in [5.41, 5.74) is 9.67. The highest BCUT2D eigenvalue weighted by Gasteiger charge is 2.47. The number of anilines is 1. The standard InChI is InChI=1S/C27H23N3O4S/c1-17-7-5-9-19(13-17)24-22(15-28)27(29)34-25-21-11-3-4-12-23(21)30(35(31,32)26(24)25)16-18-8-6-10-20(14-18)33-2/h3-14,24H,16,29H2,1-2H3/t24-/m1/s1. The van der Waals surface area contributed by atoms with Crippen molar-refractivity contribution in [2.24, 2.45) is 5.73 Å². The summed E-state index contributed by atoms with van der Waals surface area (Å²) in [5.74, 6) is -0.199. The van der Waals surface area contributed by atoms with Gasteiger partial charge in [0.25, 0.3) is 10.0 Å². The number of nitrogens with two attached hydrogens (primary N) is 1. The van der Waals surface area contributed by atoms with Gasteiger partial charge in [0, 0.05) is 5.56 Å². The number of ether oxygens (including phenoxy) is 2. The average Bonchev–Trinajstić information content (AvgIpc) is 2.86. The molecule has 0 radical (unpaired) electrons. The highest BCUT2D eigenvalue weighted by Crippen LogP contribution is 2.51. The third kappa shape index (κ3) is 3.70. The van der Waals surface area contributed by atoms with Crippen LogP contribution in [0.4, 0.5) is 5.69 Å². The molecule has 176 valence electrons. The number of nitriles is 1. The minimum Gasteiger partial charge on any atom is -0.497 e. The van der Waals surface area contributed by atoms with Crippen molar-refractivity contribution in [2.45, 2.75) is 19.4 Å². The molecule has 0 fully saturated rings. The lowest BCUT2D eigenvalue weighted by Gasteiger charge is -2.38. The highest BCUT2D eigenvalue weighted by molar-refractivity contribution is 7.96. The molecule has 0 spiro atoms. The lowest BCUT2D eigenvalue weighted by Crippen LogP contribution is -2.39. The van der Waals surface area contributed by atoms with E-state index in [0.717, 1.165) is 11.1 Å². The summed E-state index contributed by atoms with van der Waals surface area (Å²) in [5, 5.41) is 9.96. The Labute approximate surface area is 204 Å². The summed E-state index contributed by atoms with van der Waals surface area (Å²) in [4.78, 5) is 0.00967. The lowest BCUT2D eigenvalue weighted by atomic mass is 9.87. The Morgan fingerprint density at radius 2 is 1.86 bits per heavy atom. The molecule has 2 aliphatic rings. The van der Waals surface area contributed by atoms with Crippen molar-refractivity contribution in [3.63, 3.8) is 0 Å². The van der Waals surface area contributed by atoms with Crippen LogP contribution in [-0.4, -0.2) is 15.5 Å². The molecule has 0 aromatic heterocycles. The van der Waals surface area contributed by atoms with Crippen molar-refractivity contribution in [3.8, 4) is 11.8 Å².